The second-order valence-corrected chi connectivity index (χ2v) is 12.0. The van der Waals surface area contributed by atoms with Crippen LogP contribution in [0.4, 0.5) is 4.79 Å². The highest BCUT2D eigenvalue weighted by Gasteiger charge is 2.39. The molecule has 2 aliphatic rings. The molecule has 2 heterocycles. The first-order chi connectivity index (χ1) is 16.8. The van der Waals surface area contributed by atoms with E-state index in [0.29, 0.717) is 32.5 Å². The Morgan fingerprint density at radius 2 is 1.97 bits per heavy atom. The van der Waals surface area contributed by atoms with Crippen LogP contribution >= 0.6 is 0 Å². The number of nitrogens with zero attached hydrogens (tertiary/aromatic N) is 4. The van der Waals surface area contributed by atoms with E-state index in [4.69, 9.17) is 14.6 Å². The molecule has 1 aliphatic heterocycles. The second-order valence-electron chi connectivity index (χ2n) is 12.0. The quantitative estimate of drug-likeness (QED) is 0.544. The predicted molar refractivity (Wildman–Crippen MR) is 138 cm³/mol. The first kappa shape index (κ1) is 28.2. The van der Waals surface area contributed by atoms with Crippen molar-refractivity contribution >= 4 is 17.6 Å². The number of carbonyl (C=O) groups excluding carboxylic acids is 1. The van der Waals surface area contributed by atoms with Gasteiger partial charge < -0.3 is 24.4 Å². The molecule has 9 nitrogen and oxygen atoms in total. The van der Waals surface area contributed by atoms with Crippen LogP contribution in [0, 0.1) is 11.3 Å². The van der Waals surface area contributed by atoms with Crippen LogP contribution in [-0.4, -0.2) is 76.1 Å². The van der Waals surface area contributed by atoms with Crippen LogP contribution in [0.25, 0.3) is 5.57 Å². The third-order valence-electron chi connectivity index (χ3n) is 7.07. The maximum absolute atomic E-state index is 12.3. The Morgan fingerprint density at radius 3 is 2.58 bits per heavy atom. The molecule has 1 aromatic heterocycles. The number of carboxylic acid groups (broad SMARTS) is 1. The van der Waals surface area contributed by atoms with Crippen LogP contribution in [0.5, 0.6) is 0 Å². The van der Waals surface area contributed by atoms with Crippen LogP contribution < -0.4 is 0 Å². The lowest BCUT2D eigenvalue weighted by atomic mass is 9.69. The van der Waals surface area contributed by atoms with E-state index in [1.807, 2.05) is 46.3 Å². The molecule has 2 atom stereocenters. The molecule has 1 N–H and O–H groups in total. The summed E-state index contributed by atoms with van der Waals surface area (Å²) in [4.78, 5) is 28.1. The normalized spacial score (nSPS) is 22.3. The Hall–Kier alpha value is -2.39. The van der Waals surface area contributed by atoms with Crippen molar-refractivity contribution in [2.45, 2.75) is 85.1 Å². The highest BCUT2D eigenvalue weighted by molar-refractivity contribution is 5.77. The molecule has 1 aliphatic carbocycles. The number of ether oxygens (including phenoxy) is 2. The van der Waals surface area contributed by atoms with Gasteiger partial charge in [-0.3, -0.25) is 4.79 Å². The zero-order valence-corrected chi connectivity index (χ0v) is 23.0. The van der Waals surface area contributed by atoms with Crippen molar-refractivity contribution in [1.29, 1.82) is 0 Å². The van der Waals surface area contributed by atoms with Crippen LogP contribution in [0.2, 0.25) is 0 Å². The second kappa shape index (κ2) is 11.3. The number of amides is 1. The van der Waals surface area contributed by atoms with Crippen molar-refractivity contribution in [3.63, 3.8) is 0 Å². The number of allylic oxidation sites excluding steroid dienone is 2. The maximum Gasteiger partial charge on any atom is 0.410 e. The van der Waals surface area contributed by atoms with Crippen LogP contribution in [0.15, 0.2) is 12.3 Å². The van der Waals surface area contributed by atoms with Gasteiger partial charge in [0.1, 0.15) is 11.8 Å². The standard InChI is InChI=1S/C27H44N4O5/c1-26(2,3)36-25(34)30(7)14-13-29(6)17-20-18-31(22-10-8-9-15-35-22)28-23(20)19-11-12-27(4,5)21(16-19)24(32)33/h11,18,21-22H,8-10,12-17H2,1-7H3,(H,32,33). The minimum Gasteiger partial charge on any atom is -0.481 e. The van der Waals surface area contributed by atoms with E-state index in [2.05, 4.69) is 17.2 Å². The molecular weight excluding hydrogens is 460 g/mol. The molecule has 1 amide bonds. The minimum absolute atomic E-state index is 0.0919. The molecule has 0 aromatic carbocycles. The summed E-state index contributed by atoms with van der Waals surface area (Å²) in [6.07, 6.45) is 8.02. The molecule has 9 heteroatoms. The molecule has 0 spiro atoms. The molecule has 202 valence electrons. The van der Waals surface area contributed by atoms with Crippen LogP contribution in [-0.2, 0) is 20.8 Å². The Morgan fingerprint density at radius 1 is 1.25 bits per heavy atom. The van der Waals surface area contributed by atoms with Gasteiger partial charge in [0.05, 0.1) is 11.6 Å². The van der Waals surface area contributed by atoms with E-state index >= 15 is 0 Å². The molecule has 0 bridgehead atoms. The van der Waals surface area contributed by atoms with Crippen LogP contribution in [0.1, 0.15) is 84.2 Å². The van der Waals surface area contributed by atoms with E-state index in [1.54, 1.807) is 11.9 Å². The van der Waals surface area contributed by atoms with Gasteiger partial charge in [0.25, 0.3) is 0 Å². The average Bonchev–Trinajstić information content (AvgIpc) is 3.20. The van der Waals surface area contributed by atoms with Crippen molar-refractivity contribution in [3.8, 4) is 0 Å². The molecule has 0 saturated carbocycles. The van der Waals surface area contributed by atoms with Crippen molar-refractivity contribution in [2.24, 2.45) is 11.3 Å². The Bertz CT molecular complexity index is 956. The fourth-order valence-electron chi connectivity index (χ4n) is 4.74. The monoisotopic (exact) mass is 504 g/mol. The molecule has 0 radical (unpaired) electrons. The van der Waals surface area contributed by atoms with Gasteiger partial charge >= 0.3 is 12.1 Å². The Balaban J connectivity index is 1.77. The molecule has 3 rings (SSSR count). The van der Waals surface area contributed by atoms with E-state index < -0.39 is 17.5 Å². The van der Waals surface area contributed by atoms with Gasteiger partial charge in [-0.2, -0.15) is 5.10 Å². The summed E-state index contributed by atoms with van der Waals surface area (Å²) in [6.45, 7) is 12.1. The van der Waals surface area contributed by atoms with Crippen LogP contribution in [0.3, 0.4) is 0 Å². The number of hydrogen-bond acceptors (Lipinski definition) is 6. The highest BCUT2D eigenvalue weighted by atomic mass is 16.6. The van der Waals surface area contributed by atoms with Gasteiger partial charge in [0, 0.05) is 45.0 Å². The topological polar surface area (TPSA) is 97.1 Å². The minimum atomic E-state index is -0.760. The summed E-state index contributed by atoms with van der Waals surface area (Å²) in [7, 11) is 3.76. The lowest BCUT2D eigenvalue weighted by Crippen LogP contribution is -2.38. The summed E-state index contributed by atoms with van der Waals surface area (Å²) in [5.74, 6) is -1.22. The van der Waals surface area contributed by atoms with Crippen molar-refractivity contribution in [2.75, 3.05) is 33.8 Å². The summed E-state index contributed by atoms with van der Waals surface area (Å²) < 4.78 is 13.3. The molecular formula is C27H44N4O5. The SMILES string of the molecule is CN(CCN(C)C(=O)OC(C)(C)C)Cc1cn(C2CCCCO2)nc1C1=CCC(C)(C)C(C(=O)O)C1. The zero-order valence-electron chi connectivity index (χ0n) is 23.0. The summed E-state index contributed by atoms with van der Waals surface area (Å²) in [6, 6.07) is 0. The zero-order chi connectivity index (χ0) is 26.7. The fourth-order valence-corrected chi connectivity index (χ4v) is 4.74. The first-order valence-corrected chi connectivity index (χ1v) is 13.0. The molecule has 36 heavy (non-hydrogen) atoms. The number of aliphatic carboxylic acids is 1. The fraction of sp³-hybridized carbons (Fsp3) is 0.741. The van der Waals surface area contributed by atoms with Crippen molar-refractivity contribution in [1.82, 2.24) is 19.6 Å². The van der Waals surface area contributed by atoms with Gasteiger partial charge in [-0.15, -0.1) is 0 Å². The third-order valence-corrected chi connectivity index (χ3v) is 7.07. The number of aromatic nitrogens is 2. The van der Waals surface area contributed by atoms with Crippen molar-refractivity contribution in [3.05, 3.63) is 23.5 Å². The van der Waals surface area contributed by atoms with Gasteiger partial charge in [-0.05, 0) is 70.9 Å². The first-order valence-electron chi connectivity index (χ1n) is 13.0. The number of rotatable bonds is 8. The van der Waals surface area contributed by atoms with E-state index in [9.17, 15) is 14.7 Å². The Kier molecular flexibility index (Phi) is 8.88. The number of carbonyl (C=O) groups is 2. The lowest BCUT2D eigenvalue weighted by Gasteiger charge is -2.35. The smallest absolute Gasteiger partial charge is 0.410 e. The van der Waals surface area contributed by atoms with E-state index in [-0.39, 0.29) is 17.7 Å². The Labute approximate surface area is 215 Å². The summed E-state index contributed by atoms with van der Waals surface area (Å²) in [5.41, 5.74) is 2.07. The molecule has 1 aromatic rings. The van der Waals surface area contributed by atoms with Crippen molar-refractivity contribution < 1.29 is 24.2 Å². The predicted octanol–water partition coefficient (Wildman–Crippen LogP) is 4.79. The maximum atomic E-state index is 12.3. The number of carboxylic acids is 1. The summed E-state index contributed by atoms with van der Waals surface area (Å²) >= 11 is 0. The average molecular weight is 505 g/mol. The molecule has 1 saturated heterocycles. The summed E-state index contributed by atoms with van der Waals surface area (Å²) in [5, 5.41) is 14.8. The third kappa shape index (κ3) is 7.32. The van der Waals surface area contributed by atoms with Gasteiger partial charge in [-0.1, -0.05) is 19.9 Å². The molecule has 1 fully saturated rings. The van der Waals surface area contributed by atoms with Gasteiger partial charge in [0.2, 0.25) is 0 Å². The van der Waals surface area contributed by atoms with Gasteiger partial charge in [-0.25, -0.2) is 9.48 Å². The highest BCUT2D eigenvalue weighted by Crippen LogP contribution is 2.43. The number of hydrogen-bond donors (Lipinski definition) is 1. The number of likely N-dealkylation sites (N-methyl/N-ethyl adjacent to an activating group) is 2. The van der Waals surface area contributed by atoms with Gasteiger partial charge in [0.15, 0.2) is 0 Å². The lowest BCUT2D eigenvalue weighted by molar-refractivity contribution is -0.145. The molecule has 2 unspecified atom stereocenters. The van der Waals surface area contributed by atoms with E-state index in [0.717, 1.165) is 42.7 Å². The van der Waals surface area contributed by atoms with E-state index in [1.165, 1.54) is 0 Å². The largest absolute Gasteiger partial charge is 0.481 e.